The number of nitrogens with zero attached hydrogens (tertiary/aromatic N) is 3. The van der Waals surface area contributed by atoms with Gasteiger partial charge in [-0.1, -0.05) is 6.07 Å². The third-order valence-electron chi connectivity index (χ3n) is 2.53. The molecule has 0 aliphatic rings. The first-order valence-corrected chi connectivity index (χ1v) is 6.65. The fraction of sp³-hybridized carbons (Fsp3) is 0.333. The summed E-state index contributed by atoms with van der Waals surface area (Å²) in [6.07, 6.45) is -4.80. The van der Waals surface area contributed by atoms with E-state index < -0.39 is 23.3 Å². The van der Waals surface area contributed by atoms with Crippen LogP contribution in [0.4, 0.5) is 17.6 Å². The lowest BCUT2D eigenvalue weighted by Gasteiger charge is -2.13. The molecule has 0 spiro atoms. The van der Waals surface area contributed by atoms with E-state index in [-0.39, 0.29) is 16.8 Å². The summed E-state index contributed by atoms with van der Waals surface area (Å²) in [6.45, 7) is 3.55. The Kier molecular flexibility index (Phi) is 4.22. The van der Waals surface area contributed by atoms with Crippen molar-refractivity contribution in [3.05, 3.63) is 34.3 Å². The van der Waals surface area contributed by atoms with Gasteiger partial charge in [0.15, 0.2) is 11.6 Å². The van der Waals surface area contributed by atoms with E-state index in [0.29, 0.717) is 6.07 Å². The predicted octanol–water partition coefficient (Wildman–Crippen LogP) is 4.57. The minimum absolute atomic E-state index is 0.102. The number of aromatic nitrogens is 3. The lowest BCUT2D eigenvalue weighted by molar-refractivity contribution is -0.140. The molecule has 0 N–H and O–H groups in total. The number of rotatable bonds is 3. The van der Waals surface area contributed by atoms with Crippen LogP contribution in [0.3, 0.4) is 0 Å². The van der Waals surface area contributed by atoms with E-state index in [1.807, 2.05) is 0 Å². The molecule has 0 amide bonds. The van der Waals surface area contributed by atoms with Crippen LogP contribution in [0.1, 0.15) is 25.5 Å². The molecule has 0 radical (unpaired) electrons. The molecule has 1 aromatic heterocycles. The van der Waals surface area contributed by atoms with Gasteiger partial charge in [0.2, 0.25) is 4.73 Å². The molecule has 2 rings (SSSR count). The summed E-state index contributed by atoms with van der Waals surface area (Å²) in [5.41, 5.74) is -1.39. The molecular weight excluding hydrogens is 358 g/mol. The van der Waals surface area contributed by atoms with E-state index in [1.165, 1.54) is 4.68 Å². The lowest BCUT2D eigenvalue weighted by Crippen LogP contribution is -2.10. The van der Waals surface area contributed by atoms with Crippen LogP contribution in [0, 0.1) is 5.82 Å². The van der Waals surface area contributed by atoms with E-state index in [9.17, 15) is 17.6 Å². The highest BCUT2D eigenvalue weighted by Gasteiger charge is 2.35. The van der Waals surface area contributed by atoms with Gasteiger partial charge in [-0.15, -0.1) is 5.10 Å². The number of alkyl halides is 3. The Morgan fingerprint density at radius 2 is 1.95 bits per heavy atom. The Morgan fingerprint density at radius 3 is 2.52 bits per heavy atom. The van der Waals surface area contributed by atoms with E-state index >= 15 is 0 Å². The fourth-order valence-electron chi connectivity index (χ4n) is 1.60. The molecule has 2 aromatic rings. The Balaban J connectivity index is 2.41. The number of hydrogen-bond acceptors (Lipinski definition) is 3. The van der Waals surface area contributed by atoms with Crippen molar-refractivity contribution in [1.29, 1.82) is 0 Å². The molecule has 0 fully saturated rings. The fourth-order valence-corrected chi connectivity index (χ4v) is 1.92. The monoisotopic (exact) mass is 367 g/mol. The van der Waals surface area contributed by atoms with Crippen molar-refractivity contribution >= 4 is 15.9 Å². The zero-order chi connectivity index (χ0) is 15.8. The molecule has 0 unspecified atom stereocenters. The van der Waals surface area contributed by atoms with Gasteiger partial charge in [-0.3, -0.25) is 0 Å². The van der Waals surface area contributed by atoms with Gasteiger partial charge >= 0.3 is 12.2 Å². The summed E-state index contributed by atoms with van der Waals surface area (Å²) < 4.78 is 58.5. The van der Waals surface area contributed by atoms with Gasteiger partial charge in [0.1, 0.15) is 0 Å². The Bertz CT molecular complexity index is 654. The van der Waals surface area contributed by atoms with Gasteiger partial charge in [-0.25, -0.2) is 9.07 Å². The molecule has 0 aliphatic carbocycles. The van der Waals surface area contributed by atoms with Gasteiger partial charge in [0, 0.05) is 0 Å². The van der Waals surface area contributed by atoms with Gasteiger partial charge < -0.3 is 4.74 Å². The highest BCUT2D eigenvalue weighted by atomic mass is 79.9. The molecule has 9 heteroatoms. The molecular formula is C12H10BrF4N3O. The van der Waals surface area contributed by atoms with E-state index in [4.69, 9.17) is 4.74 Å². The first-order chi connectivity index (χ1) is 9.70. The molecule has 21 heavy (non-hydrogen) atoms. The summed E-state index contributed by atoms with van der Waals surface area (Å²) in [5.74, 6) is -2.05. The maximum Gasteiger partial charge on any atom is 0.419 e. The first-order valence-electron chi connectivity index (χ1n) is 5.85. The van der Waals surface area contributed by atoms with Crippen molar-refractivity contribution in [2.45, 2.75) is 26.1 Å². The number of benzene rings is 1. The molecule has 0 atom stereocenters. The SMILES string of the molecule is CC(C)n1nc(Br)nc1Oc1cccc(C(F)(F)F)c1F. The van der Waals surface area contributed by atoms with Crippen molar-refractivity contribution in [2.24, 2.45) is 0 Å². The molecule has 4 nitrogen and oxygen atoms in total. The second kappa shape index (κ2) is 5.63. The summed E-state index contributed by atoms with van der Waals surface area (Å²) >= 11 is 3.03. The topological polar surface area (TPSA) is 39.9 Å². The summed E-state index contributed by atoms with van der Waals surface area (Å²) in [4.78, 5) is 3.86. The quantitative estimate of drug-likeness (QED) is 0.746. The zero-order valence-corrected chi connectivity index (χ0v) is 12.5. The highest BCUT2D eigenvalue weighted by Crippen LogP contribution is 2.36. The van der Waals surface area contributed by atoms with Crippen molar-refractivity contribution in [3.8, 4) is 11.8 Å². The molecule has 1 heterocycles. The van der Waals surface area contributed by atoms with Gasteiger partial charge in [-0.2, -0.15) is 18.2 Å². The van der Waals surface area contributed by atoms with E-state index in [2.05, 4.69) is 26.0 Å². The second-order valence-electron chi connectivity index (χ2n) is 4.42. The van der Waals surface area contributed by atoms with Crippen LogP contribution in [-0.2, 0) is 6.18 Å². The van der Waals surface area contributed by atoms with Crippen LogP contribution in [0.5, 0.6) is 11.8 Å². The van der Waals surface area contributed by atoms with Crippen LogP contribution in [-0.4, -0.2) is 14.8 Å². The van der Waals surface area contributed by atoms with Crippen LogP contribution >= 0.6 is 15.9 Å². The largest absolute Gasteiger partial charge is 0.421 e. The number of hydrogen-bond donors (Lipinski definition) is 0. The Morgan fingerprint density at radius 1 is 1.29 bits per heavy atom. The van der Waals surface area contributed by atoms with Crippen LogP contribution in [0.15, 0.2) is 22.9 Å². The van der Waals surface area contributed by atoms with Crippen LogP contribution < -0.4 is 4.74 Å². The lowest BCUT2D eigenvalue weighted by atomic mass is 10.2. The molecule has 0 saturated carbocycles. The molecule has 0 bridgehead atoms. The second-order valence-corrected chi connectivity index (χ2v) is 5.13. The van der Waals surface area contributed by atoms with Gasteiger partial charge in [0.25, 0.3) is 0 Å². The Hall–Kier alpha value is -1.64. The van der Waals surface area contributed by atoms with Crippen LogP contribution in [0.25, 0.3) is 0 Å². The maximum absolute atomic E-state index is 13.9. The molecule has 114 valence electrons. The number of ether oxygens (including phenoxy) is 1. The minimum Gasteiger partial charge on any atom is -0.421 e. The third-order valence-corrected chi connectivity index (χ3v) is 2.87. The van der Waals surface area contributed by atoms with Crippen molar-refractivity contribution in [2.75, 3.05) is 0 Å². The van der Waals surface area contributed by atoms with Gasteiger partial charge in [-0.05, 0) is 41.9 Å². The zero-order valence-electron chi connectivity index (χ0n) is 10.9. The number of halogens is 5. The van der Waals surface area contributed by atoms with Gasteiger partial charge in [0.05, 0.1) is 11.6 Å². The average molecular weight is 368 g/mol. The molecule has 0 aliphatic heterocycles. The summed E-state index contributed by atoms with van der Waals surface area (Å²) in [5, 5.41) is 3.96. The van der Waals surface area contributed by atoms with Crippen molar-refractivity contribution in [1.82, 2.24) is 14.8 Å². The van der Waals surface area contributed by atoms with E-state index in [0.717, 1.165) is 12.1 Å². The first kappa shape index (κ1) is 15.7. The summed E-state index contributed by atoms with van der Waals surface area (Å²) in [6, 6.07) is 2.54. The minimum atomic E-state index is -4.80. The molecule has 0 saturated heterocycles. The van der Waals surface area contributed by atoms with E-state index in [1.54, 1.807) is 13.8 Å². The average Bonchev–Trinajstić information content (AvgIpc) is 2.71. The maximum atomic E-state index is 13.9. The predicted molar refractivity (Wildman–Crippen MR) is 69.6 cm³/mol. The normalized spacial score (nSPS) is 12.0. The Labute approximate surface area is 125 Å². The smallest absolute Gasteiger partial charge is 0.419 e. The third kappa shape index (κ3) is 3.34. The summed E-state index contributed by atoms with van der Waals surface area (Å²) in [7, 11) is 0. The molecule has 1 aromatic carbocycles. The van der Waals surface area contributed by atoms with Crippen molar-refractivity contribution in [3.63, 3.8) is 0 Å². The standard InChI is InChI=1S/C12H10BrF4N3O/c1-6(2)20-11(18-10(13)19-20)21-8-5-3-4-7(9(8)14)12(15,16)17/h3-6H,1-2H3. The highest BCUT2D eigenvalue weighted by molar-refractivity contribution is 9.10. The van der Waals surface area contributed by atoms with Crippen LogP contribution in [0.2, 0.25) is 0 Å². The van der Waals surface area contributed by atoms with Crippen molar-refractivity contribution < 1.29 is 22.3 Å².